The molecule has 0 amide bonds. The maximum Gasteiger partial charge on any atom is 0.337 e. The van der Waals surface area contributed by atoms with Crippen LogP contribution in [0.5, 0.6) is 0 Å². The Morgan fingerprint density at radius 1 is 1.20 bits per heavy atom. The lowest BCUT2D eigenvalue weighted by Gasteiger charge is -2.05. The fourth-order valence-electron chi connectivity index (χ4n) is 2.90. The van der Waals surface area contributed by atoms with Gasteiger partial charge in [-0.05, 0) is 36.6 Å². The third kappa shape index (κ3) is 2.45. The summed E-state index contributed by atoms with van der Waals surface area (Å²) in [5.41, 5.74) is 4.61. The fraction of sp³-hybridized carbons (Fsp3) is 0.471. The average Bonchev–Trinajstić information content (AvgIpc) is 2.72. The third-order valence-corrected chi connectivity index (χ3v) is 3.84. The predicted molar refractivity (Wildman–Crippen MR) is 82.2 cm³/mol. The van der Waals surface area contributed by atoms with Crippen LogP contribution < -0.4 is 0 Å². The molecule has 0 saturated heterocycles. The Hall–Kier alpha value is -1.77. The van der Waals surface area contributed by atoms with Crippen molar-refractivity contribution in [3.05, 3.63) is 35.0 Å². The molecule has 2 rings (SSSR count). The van der Waals surface area contributed by atoms with Gasteiger partial charge < -0.3 is 9.30 Å². The molecule has 0 aliphatic carbocycles. The van der Waals surface area contributed by atoms with Crippen molar-refractivity contribution in [2.75, 3.05) is 7.11 Å². The van der Waals surface area contributed by atoms with Gasteiger partial charge in [-0.1, -0.05) is 26.7 Å². The van der Waals surface area contributed by atoms with Crippen molar-refractivity contribution in [2.24, 2.45) is 7.05 Å². The molecule has 0 atom stereocenters. The standard InChI is InChI=1S/C17H23NO2/c1-5-7-13-14-11-12(17(19)20-4)9-10-16(14)18(3)15(13)8-6-2/h9-11H,5-8H2,1-4H3. The first kappa shape index (κ1) is 14.6. The predicted octanol–water partition coefficient (Wildman–Crippen LogP) is 3.87. The molecular weight excluding hydrogens is 250 g/mol. The van der Waals surface area contributed by atoms with Crippen molar-refractivity contribution in [1.82, 2.24) is 4.57 Å². The van der Waals surface area contributed by atoms with Crippen LogP contribution in [0.15, 0.2) is 18.2 Å². The SMILES string of the molecule is CCCc1c(CCC)n(C)c2ccc(C(=O)OC)cc12. The molecule has 0 aliphatic rings. The minimum Gasteiger partial charge on any atom is -0.465 e. The molecule has 0 spiro atoms. The van der Waals surface area contributed by atoms with Crippen LogP contribution in [-0.2, 0) is 24.6 Å². The van der Waals surface area contributed by atoms with Crippen molar-refractivity contribution >= 4 is 16.9 Å². The normalized spacial score (nSPS) is 11.0. The molecule has 0 unspecified atom stereocenters. The summed E-state index contributed by atoms with van der Waals surface area (Å²) in [6, 6.07) is 5.85. The second-order valence-electron chi connectivity index (χ2n) is 5.21. The molecule has 2 aromatic rings. The average molecular weight is 273 g/mol. The number of hydrogen-bond donors (Lipinski definition) is 0. The molecule has 0 N–H and O–H groups in total. The van der Waals surface area contributed by atoms with Gasteiger partial charge in [-0.2, -0.15) is 0 Å². The van der Waals surface area contributed by atoms with Crippen molar-refractivity contribution in [1.29, 1.82) is 0 Å². The summed E-state index contributed by atoms with van der Waals surface area (Å²) >= 11 is 0. The lowest BCUT2D eigenvalue weighted by Crippen LogP contribution is -2.00. The van der Waals surface area contributed by atoms with E-state index in [1.54, 1.807) is 0 Å². The van der Waals surface area contributed by atoms with E-state index in [-0.39, 0.29) is 5.97 Å². The van der Waals surface area contributed by atoms with E-state index in [0.29, 0.717) is 5.56 Å². The number of ether oxygens (including phenoxy) is 1. The van der Waals surface area contributed by atoms with Gasteiger partial charge in [-0.15, -0.1) is 0 Å². The molecule has 0 radical (unpaired) electrons. The van der Waals surface area contributed by atoms with E-state index < -0.39 is 0 Å². The summed E-state index contributed by atoms with van der Waals surface area (Å²) in [7, 11) is 3.54. The van der Waals surface area contributed by atoms with Gasteiger partial charge in [0.25, 0.3) is 0 Å². The highest BCUT2D eigenvalue weighted by Gasteiger charge is 2.16. The molecular formula is C17H23NO2. The van der Waals surface area contributed by atoms with Crippen LogP contribution in [0.2, 0.25) is 0 Å². The molecule has 0 fully saturated rings. The number of aromatic nitrogens is 1. The number of hydrogen-bond acceptors (Lipinski definition) is 2. The number of esters is 1. The number of aryl methyl sites for hydroxylation is 2. The van der Waals surface area contributed by atoms with Crippen LogP contribution in [0.4, 0.5) is 0 Å². The van der Waals surface area contributed by atoms with E-state index in [1.165, 1.54) is 29.3 Å². The molecule has 1 aromatic heterocycles. The van der Waals surface area contributed by atoms with Crippen molar-refractivity contribution in [2.45, 2.75) is 39.5 Å². The molecule has 3 nitrogen and oxygen atoms in total. The Balaban J connectivity index is 2.66. The molecule has 0 aliphatic heterocycles. The van der Waals surface area contributed by atoms with Gasteiger partial charge in [0, 0.05) is 23.6 Å². The number of rotatable bonds is 5. The van der Waals surface area contributed by atoms with Gasteiger partial charge in [-0.3, -0.25) is 0 Å². The molecule has 0 bridgehead atoms. The van der Waals surface area contributed by atoms with Crippen molar-refractivity contribution in [3.63, 3.8) is 0 Å². The van der Waals surface area contributed by atoms with E-state index in [1.807, 2.05) is 18.2 Å². The smallest absolute Gasteiger partial charge is 0.337 e. The minimum atomic E-state index is -0.268. The summed E-state index contributed by atoms with van der Waals surface area (Å²) in [6.07, 6.45) is 4.37. The van der Waals surface area contributed by atoms with Crippen LogP contribution >= 0.6 is 0 Å². The fourth-order valence-corrected chi connectivity index (χ4v) is 2.90. The number of benzene rings is 1. The van der Waals surface area contributed by atoms with Gasteiger partial charge in [0.2, 0.25) is 0 Å². The van der Waals surface area contributed by atoms with Crippen LogP contribution in [0.1, 0.15) is 48.3 Å². The third-order valence-electron chi connectivity index (χ3n) is 3.84. The summed E-state index contributed by atoms with van der Waals surface area (Å²) in [6.45, 7) is 4.39. The first-order chi connectivity index (χ1) is 9.63. The Labute approximate surface area is 120 Å². The number of carbonyl (C=O) groups is 1. The molecule has 3 heteroatoms. The van der Waals surface area contributed by atoms with E-state index in [0.717, 1.165) is 25.7 Å². The van der Waals surface area contributed by atoms with Crippen LogP contribution in [0.3, 0.4) is 0 Å². The summed E-state index contributed by atoms with van der Waals surface area (Å²) in [5, 5.41) is 1.20. The maximum atomic E-state index is 11.7. The van der Waals surface area contributed by atoms with Crippen molar-refractivity contribution in [3.8, 4) is 0 Å². The van der Waals surface area contributed by atoms with Crippen LogP contribution in [0.25, 0.3) is 10.9 Å². The molecule has 1 heterocycles. The zero-order chi connectivity index (χ0) is 14.7. The Kier molecular flexibility index (Phi) is 4.48. The highest BCUT2D eigenvalue weighted by atomic mass is 16.5. The van der Waals surface area contributed by atoms with E-state index in [4.69, 9.17) is 4.74 Å². The zero-order valence-corrected chi connectivity index (χ0v) is 12.8. The lowest BCUT2D eigenvalue weighted by atomic mass is 10.0. The summed E-state index contributed by atoms with van der Waals surface area (Å²) < 4.78 is 7.09. The number of methoxy groups -OCH3 is 1. The monoisotopic (exact) mass is 273 g/mol. The molecule has 0 saturated carbocycles. The van der Waals surface area contributed by atoms with E-state index >= 15 is 0 Å². The number of nitrogens with zero attached hydrogens (tertiary/aromatic N) is 1. The van der Waals surface area contributed by atoms with Gasteiger partial charge in [0.1, 0.15) is 0 Å². The second-order valence-corrected chi connectivity index (χ2v) is 5.21. The van der Waals surface area contributed by atoms with Crippen LogP contribution in [-0.4, -0.2) is 17.6 Å². The number of fused-ring (bicyclic) bond motifs is 1. The largest absolute Gasteiger partial charge is 0.465 e. The summed E-state index contributed by atoms with van der Waals surface area (Å²) in [4.78, 5) is 11.7. The lowest BCUT2D eigenvalue weighted by molar-refractivity contribution is 0.0601. The molecule has 1 aromatic carbocycles. The van der Waals surface area contributed by atoms with Gasteiger partial charge in [0.15, 0.2) is 0 Å². The number of carbonyl (C=O) groups excluding carboxylic acids is 1. The Morgan fingerprint density at radius 2 is 1.90 bits per heavy atom. The first-order valence-electron chi connectivity index (χ1n) is 7.32. The first-order valence-corrected chi connectivity index (χ1v) is 7.32. The van der Waals surface area contributed by atoms with Crippen LogP contribution in [0, 0.1) is 0 Å². The molecule has 20 heavy (non-hydrogen) atoms. The van der Waals surface area contributed by atoms with E-state index in [2.05, 4.69) is 25.5 Å². The Morgan fingerprint density at radius 3 is 2.50 bits per heavy atom. The molecule has 108 valence electrons. The quantitative estimate of drug-likeness (QED) is 0.774. The topological polar surface area (TPSA) is 31.2 Å². The van der Waals surface area contributed by atoms with Gasteiger partial charge >= 0.3 is 5.97 Å². The maximum absolute atomic E-state index is 11.7. The Bertz CT molecular complexity index is 625. The van der Waals surface area contributed by atoms with Gasteiger partial charge in [-0.25, -0.2) is 4.79 Å². The highest BCUT2D eigenvalue weighted by molar-refractivity contribution is 5.96. The van der Waals surface area contributed by atoms with E-state index in [9.17, 15) is 4.79 Å². The highest BCUT2D eigenvalue weighted by Crippen LogP contribution is 2.28. The zero-order valence-electron chi connectivity index (χ0n) is 12.8. The second kappa shape index (κ2) is 6.12. The minimum absolute atomic E-state index is 0.268. The summed E-state index contributed by atoms with van der Waals surface area (Å²) in [5.74, 6) is -0.268. The van der Waals surface area contributed by atoms with Crippen molar-refractivity contribution < 1.29 is 9.53 Å². The van der Waals surface area contributed by atoms with Gasteiger partial charge in [0.05, 0.1) is 12.7 Å².